The first-order valence-corrected chi connectivity index (χ1v) is 4.27. The quantitative estimate of drug-likeness (QED) is 0.751. The maximum atomic E-state index is 10.5. The Morgan fingerprint density at radius 1 is 1.46 bits per heavy atom. The summed E-state index contributed by atoms with van der Waals surface area (Å²) in [5.74, 6) is 0. The summed E-state index contributed by atoms with van der Waals surface area (Å²) in [6.45, 7) is 0.460. The van der Waals surface area contributed by atoms with Crippen molar-refractivity contribution in [1.29, 1.82) is 0 Å². The Bertz CT molecular complexity index is 334. The zero-order valence-corrected chi connectivity index (χ0v) is 7.79. The molecule has 68 valence electrons. The molecule has 1 aromatic rings. The molecular weight excluding hydrogens is 186 g/mol. The number of nitrogens with two attached hydrogens (primary N) is 1. The van der Waals surface area contributed by atoms with E-state index in [2.05, 4.69) is 0 Å². The van der Waals surface area contributed by atoms with Gasteiger partial charge >= 0.3 is 0 Å². The summed E-state index contributed by atoms with van der Waals surface area (Å²) in [7, 11) is 0. The Kier molecular flexibility index (Phi) is 3.68. The third-order valence-corrected chi connectivity index (χ3v) is 1.93. The van der Waals surface area contributed by atoms with Crippen LogP contribution in [0.4, 0.5) is 0 Å². The molecule has 0 amide bonds. The van der Waals surface area contributed by atoms with E-state index in [9.17, 15) is 4.79 Å². The second-order valence-electron chi connectivity index (χ2n) is 2.54. The maximum absolute atomic E-state index is 10.5. The molecule has 2 N–H and O–H groups in total. The van der Waals surface area contributed by atoms with Crippen LogP contribution in [0.1, 0.15) is 15.9 Å². The first-order chi connectivity index (χ1) is 6.27. The maximum Gasteiger partial charge on any atom is 0.150 e. The molecule has 3 heteroatoms. The molecule has 0 atom stereocenters. The van der Waals surface area contributed by atoms with Gasteiger partial charge in [-0.1, -0.05) is 29.8 Å². The van der Waals surface area contributed by atoms with Gasteiger partial charge in [0.15, 0.2) is 0 Å². The van der Waals surface area contributed by atoms with Gasteiger partial charge in [-0.15, -0.1) is 0 Å². The molecule has 0 heterocycles. The average molecular weight is 196 g/mol. The van der Waals surface area contributed by atoms with E-state index < -0.39 is 0 Å². The molecule has 0 radical (unpaired) electrons. The van der Waals surface area contributed by atoms with E-state index in [-0.39, 0.29) is 0 Å². The normalized spacial score (nSPS) is 10.6. The van der Waals surface area contributed by atoms with Crippen LogP contribution in [0.5, 0.6) is 0 Å². The summed E-state index contributed by atoms with van der Waals surface area (Å²) in [5, 5.41) is 0.621. The Morgan fingerprint density at radius 3 is 2.85 bits per heavy atom. The van der Waals surface area contributed by atoms with E-state index >= 15 is 0 Å². The fourth-order valence-electron chi connectivity index (χ4n) is 0.958. The van der Waals surface area contributed by atoms with Crippen LogP contribution in [0.2, 0.25) is 5.02 Å². The summed E-state index contributed by atoms with van der Waals surface area (Å²) in [5.41, 5.74) is 6.73. The Morgan fingerprint density at radius 2 is 2.23 bits per heavy atom. The number of carbonyl (C=O) groups excluding carboxylic acids is 1. The highest BCUT2D eigenvalue weighted by atomic mass is 35.5. The van der Waals surface area contributed by atoms with Crippen molar-refractivity contribution in [3.8, 4) is 0 Å². The summed E-state index contributed by atoms with van der Waals surface area (Å²) in [6, 6.07) is 5.10. The third-order valence-electron chi connectivity index (χ3n) is 1.59. The van der Waals surface area contributed by atoms with E-state index in [0.717, 1.165) is 11.8 Å². The van der Waals surface area contributed by atoms with E-state index in [1.54, 1.807) is 30.4 Å². The van der Waals surface area contributed by atoms with Crippen molar-refractivity contribution in [1.82, 2.24) is 0 Å². The lowest BCUT2D eigenvalue weighted by molar-refractivity contribution is 0.112. The highest BCUT2D eigenvalue weighted by Gasteiger charge is 1.97. The number of hydrogen-bond donors (Lipinski definition) is 1. The lowest BCUT2D eigenvalue weighted by Crippen LogP contribution is -1.92. The summed E-state index contributed by atoms with van der Waals surface area (Å²) >= 11 is 5.88. The van der Waals surface area contributed by atoms with Crippen molar-refractivity contribution in [3.05, 3.63) is 40.4 Å². The van der Waals surface area contributed by atoms with Gasteiger partial charge in [-0.3, -0.25) is 4.79 Å². The van der Waals surface area contributed by atoms with Crippen molar-refractivity contribution in [2.75, 3.05) is 6.54 Å². The van der Waals surface area contributed by atoms with Gasteiger partial charge in [0.25, 0.3) is 0 Å². The van der Waals surface area contributed by atoms with Gasteiger partial charge in [0.1, 0.15) is 6.29 Å². The minimum absolute atomic E-state index is 0.460. The van der Waals surface area contributed by atoms with Crippen LogP contribution in [-0.2, 0) is 0 Å². The highest BCUT2D eigenvalue weighted by molar-refractivity contribution is 6.32. The molecule has 0 fully saturated rings. The monoisotopic (exact) mass is 195 g/mol. The van der Waals surface area contributed by atoms with Crippen LogP contribution < -0.4 is 5.73 Å². The lowest BCUT2D eigenvalue weighted by atomic mass is 10.1. The van der Waals surface area contributed by atoms with E-state index in [4.69, 9.17) is 17.3 Å². The van der Waals surface area contributed by atoms with Gasteiger partial charge in [-0.2, -0.15) is 0 Å². The molecule has 2 nitrogen and oxygen atoms in total. The molecule has 0 spiro atoms. The molecule has 0 saturated heterocycles. The third kappa shape index (κ3) is 2.68. The SMILES string of the molecule is NCC=Cc1cc(C=O)ccc1Cl. The van der Waals surface area contributed by atoms with Crippen LogP contribution in [0, 0.1) is 0 Å². The van der Waals surface area contributed by atoms with Crippen LogP contribution in [0.25, 0.3) is 6.08 Å². The number of aldehydes is 1. The zero-order chi connectivity index (χ0) is 9.68. The van der Waals surface area contributed by atoms with E-state index in [1.165, 1.54) is 0 Å². The van der Waals surface area contributed by atoms with Crippen molar-refractivity contribution in [2.24, 2.45) is 5.73 Å². The second kappa shape index (κ2) is 4.80. The summed E-state index contributed by atoms with van der Waals surface area (Å²) in [6.07, 6.45) is 4.38. The minimum atomic E-state index is 0.460. The number of benzene rings is 1. The Labute approximate surface area is 82.0 Å². The molecule has 0 aliphatic carbocycles. The van der Waals surface area contributed by atoms with Gasteiger partial charge in [-0.05, 0) is 17.7 Å². The predicted molar refractivity (Wildman–Crippen MR) is 54.9 cm³/mol. The van der Waals surface area contributed by atoms with Crippen LogP contribution in [0.15, 0.2) is 24.3 Å². The fraction of sp³-hybridized carbons (Fsp3) is 0.100. The van der Waals surface area contributed by atoms with Crippen LogP contribution >= 0.6 is 11.6 Å². The number of carbonyl (C=O) groups is 1. The molecule has 0 aromatic heterocycles. The molecule has 0 bridgehead atoms. The largest absolute Gasteiger partial charge is 0.327 e. The smallest absolute Gasteiger partial charge is 0.150 e. The summed E-state index contributed by atoms with van der Waals surface area (Å²) in [4.78, 5) is 10.5. The van der Waals surface area contributed by atoms with Gasteiger partial charge in [0.05, 0.1) is 0 Å². The number of rotatable bonds is 3. The predicted octanol–water partition coefficient (Wildman–Crippen LogP) is 2.12. The fourth-order valence-corrected chi connectivity index (χ4v) is 1.14. The zero-order valence-electron chi connectivity index (χ0n) is 7.03. The molecule has 0 saturated carbocycles. The van der Waals surface area contributed by atoms with Crippen LogP contribution in [0.3, 0.4) is 0 Å². The van der Waals surface area contributed by atoms with E-state index in [1.807, 2.05) is 0 Å². The van der Waals surface area contributed by atoms with Crippen molar-refractivity contribution in [2.45, 2.75) is 0 Å². The van der Waals surface area contributed by atoms with Crippen molar-refractivity contribution in [3.63, 3.8) is 0 Å². The first kappa shape index (κ1) is 9.96. The standard InChI is InChI=1S/C10H10ClNO/c11-10-4-3-8(7-13)6-9(10)2-1-5-12/h1-4,6-7H,5,12H2. The number of halogens is 1. The Hall–Kier alpha value is -1.12. The van der Waals surface area contributed by atoms with Gasteiger partial charge in [0.2, 0.25) is 0 Å². The Balaban J connectivity index is 3.03. The molecule has 1 rings (SSSR count). The van der Waals surface area contributed by atoms with Crippen molar-refractivity contribution >= 4 is 24.0 Å². The molecular formula is C10H10ClNO. The molecule has 0 aliphatic rings. The molecule has 13 heavy (non-hydrogen) atoms. The second-order valence-corrected chi connectivity index (χ2v) is 2.94. The average Bonchev–Trinajstić information content (AvgIpc) is 2.17. The van der Waals surface area contributed by atoms with Gasteiger partial charge in [-0.25, -0.2) is 0 Å². The molecule has 0 unspecified atom stereocenters. The van der Waals surface area contributed by atoms with Crippen LogP contribution in [-0.4, -0.2) is 12.8 Å². The van der Waals surface area contributed by atoms with Gasteiger partial charge < -0.3 is 5.73 Å². The lowest BCUT2D eigenvalue weighted by Gasteiger charge is -1.98. The highest BCUT2D eigenvalue weighted by Crippen LogP contribution is 2.18. The topological polar surface area (TPSA) is 43.1 Å². The number of hydrogen-bond acceptors (Lipinski definition) is 2. The molecule has 0 aliphatic heterocycles. The minimum Gasteiger partial charge on any atom is -0.327 e. The van der Waals surface area contributed by atoms with Gasteiger partial charge in [0, 0.05) is 17.1 Å². The summed E-state index contributed by atoms with van der Waals surface area (Å²) < 4.78 is 0. The molecule has 1 aromatic carbocycles. The van der Waals surface area contributed by atoms with E-state index in [0.29, 0.717) is 17.1 Å². The first-order valence-electron chi connectivity index (χ1n) is 3.89. The van der Waals surface area contributed by atoms with Crippen molar-refractivity contribution < 1.29 is 4.79 Å².